The number of hydrogen-bond donors (Lipinski definition) is 1. The van der Waals surface area contributed by atoms with Gasteiger partial charge in [0, 0.05) is 17.4 Å². The fourth-order valence-corrected chi connectivity index (χ4v) is 9.53. The highest BCUT2D eigenvalue weighted by molar-refractivity contribution is 9.13. The van der Waals surface area contributed by atoms with Crippen LogP contribution >= 0.6 is 43.5 Å². The lowest BCUT2D eigenvalue weighted by Gasteiger charge is -2.49. The first-order chi connectivity index (χ1) is 24.0. The summed E-state index contributed by atoms with van der Waals surface area (Å²) < 4.78 is 46.9. The van der Waals surface area contributed by atoms with E-state index in [1.165, 1.54) is 14.2 Å². The van der Waals surface area contributed by atoms with Crippen LogP contribution in [-0.2, 0) is 25.4 Å². The number of halogens is 6. The molecule has 6 unspecified atom stereocenters. The molecule has 0 radical (unpaired) electrons. The number of imide groups is 2. The molecule has 6 atom stereocenters. The average molecular weight is 853 g/mol. The number of hydrogen-bond acceptors (Lipinski definition) is 8. The van der Waals surface area contributed by atoms with Crippen LogP contribution in [0.15, 0.2) is 69.1 Å². The number of phenols is 1. The number of rotatable bonds is 5. The third-order valence-corrected chi connectivity index (χ3v) is 13.1. The van der Waals surface area contributed by atoms with Gasteiger partial charge in [-0.25, -0.2) is 9.88 Å². The number of carbonyl (C=O) groups excluding carboxylic acids is 4. The van der Waals surface area contributed by atoms with Crippen LogP contribution in [0.5, 0.6) is 11.5 Å². The number of aromatic nitrogens is 1. The predicted octanol–water partition coefficient (Wildman–Crippen LogP) is 7.28. The predicted molar refractivity (Wildman–Crippen MR) is 186 cm³/mol. The number of methoxy groups -OCH3 is 1. The molecule has 2 aliphatic carbocycles. The van der Waals surface area contributed by atoms with Crippen molar-refractivity contribution in [3.8, 4) is 11.5 Å². The highest BCUT2D eigenvalue weighted by Gasteiger charge is 2.68. The van der Waals surface area contributed by atoms with Gasteiger partial charge in [-0.1, -0.05) is 41.4 Å². The van der Waals surface area contributed by atoms with E-state index in [0.717, 1.165) is 21.0 Å². The number of hydrazine groups is 1. The number of ether oxygens (including phenoxy) is 1. The highest BCUT2D eigenvalue weighted by atomic mass is 79.9. The maximum atomic E-state index is 14.7. The smallest absolute Gasteiger partial charge is 0.433 e. The maximum Gasteiger partial charge on any atom is 0.433 e. The monoisotopic (exact) mass is 850 g/mol. The molecule has 51 heavy (non-hydrogen) atoms. The summed E-state index contributed by atoms with van der Waals surface area (Å²) in [4.78, 5) is 62.3. The third kappa shape index (κ3) is 5.12. The van der Waals surface area contributed by atoms with Crippen LogP contribution in [0.3, 0.4) is 0 Å². The Bertz CT molecular complexity index is 2070. The summed E-state index contributed by atoms with van der Waals surface area (Å²) in [6.45, 7) is 1.72. The molecule has 4 amide bonds. The van der Waals surface area contributed by atoms with Crippen LogP contribution in [0, 0.1) is 29.1 Å². The lowest BCUT2D eigenvalue weighted by atomic mass is 9.51. The molecule has 0 spiro atoms. The third-order valence-electron chi connectivity index (χ3n) is 10.7. The summed E-state index contributed by atoms with van der Waals surface area (Å²) in [7, 11) is 2.61. The van der Waals surface area contributed by atoms with Gasteiger partial charge < -0.3 is 9.84 Å². The number of aromatic hydroxyl groups is 1. The zero-order valence-corrected chi connectivity index (χ0v) is 31.0. The SMILES string of the molecule is COc1cc(C2C3=CCC4C(=O)N(N(C)c5nc(C(F)(F)F)ccc5Cl)C(=O)C4C3CC3C(=O)N(c4ccccc4)C(=O)C32C)c(Br)c(Br)c1O. The molecular formula is C35H28Br2ClF3N4O6. The Labute approximate surface area is 311 Å². The molecule has 2 aromatic carbocycles. The number of alkyl halides is 3. The van der Waals surface area contributed by atoms with Crippen molar-refractivity contribution in [3.05, 3.63) is 85.4 Å². The van der Waals surface area contributed by atoms with Gasteiger partial charge in [-0.05, 0) is 93.4 Å². The Morgan fingerprint density at radius 1 is 1.02 bits per heavy atom. The van der Waals surface area contributed by atoms with Crippen molar-refractivity contribution in [3.63, 3.8) is 0 Å². The molecule has 10 nitrogen and oxygen atoms in total. The number of fused-ring (bicyclic) bond motifs is 4. The summed E-state index contributed by atoms with van der Waals surface area (Å²) in [5.74, 6) is -7.26. The molecule has 1 aromatic heterocycles. The van der Waals surface area contributed by atoms with E-state index in [-0.39, 0.29) is 33.8 Å². The summed E-state index contributed by atoms with van der Waals surface area (Å²) in [6.07, 6.45) is -2.87. The second kappa shape index (κ2) is 12.3. The van der Waals surface area contributed by atoms with Gasteiger partial charge in [0.25, 0.3) is 11.8 Å². The number of para-hydroxylation sites is 1. The summed E-state index contributed by atoms with van der Waals surface area (Å²) in [5, 5.41) is 12.3. The van der Waals surface area contributed by atoms with Crippen molar-refractivity contribution in [1.82, 2.24) is 9.99 Å². The number of allylic oxidation sites excluding steroid dienone is 2. The van der Waals surface area contributed by atoms with Crippen molar-refractivity contribution in [2.45, 2.75) is 31.9 Å². The fraction of sp³-hybridized carbons (Fsp3) is 0.343. The quantitative estimate of drug-likeness (QED) is 0.210. The molecule has 7 rings (SSSR count). The second-order valence-corrected chi connectivity index (χ2v) is 15.1. The van der Waals surface area contributed by atoms with Gasteiger partial charge in [0.2, 0.25) is 11.8 Å². The topological polar surface area (TPSA) is 120 Å². The van der Waals surface area contributed by atoms with Crippen molar-refractivity contribution < 1.29 is 42.2 Å². The Hall–Kier alpha value is -3.95. The van der Waals surface area contributed by atoms with E-state index in [0.29, 0.717) is 27.4 Å². The van der Waals surface area contributed by atoms with E-state index in [9.17, 15) is 37.5 Å². The molecule has 1 saturated carbocycles. The molecule has 3 fully saturated rings. The summed E-state index contributed by atoms with van der Waals surface area (Å²) in [5.41, 5.74) is -1.11. The van der Waals surface area contributed by atoms with Gasteiger partial charge in [-0.3, -0.25) is 24.2 Å². The van der Waals surface area contributed by atoms with Gasteiger partial charge in [-0.15, -0.1) is 0 Å². The Kier molecular flexibility index (Phi) is 8.57. The van der Waals surface area contributed by atoms with Crippen LogP contribution < -0.4 is 14.6 Å². The van der Waals surface area contributed by atoms with Gasteiger partial charge in [0.1, 0.15) is 5.69 Å². The molecule has 2 aliphatic heterocycles. The molecule has 1 N–H and O–H groups in total. The summed E-state index contributed by atoms with van der Waals surface area (Å²) in [6, 6.07) is 11.8. The fourth-order valence-electron chi connectivity index (χ4n) is 8.35. The normalized spacial score (nSPS) is 27.3. The van der Waals surface area contributed by atoms with Crippen LogP contribution in [0.25, 0.3) is 0 Å². The minimum atomic E-state index is -4.81. The molecule has 4 aliphatic rings. The molecule has 3 heterocycles. The standard InChI is InChI=1S/C35H28Br2ClF3N4O6/c1-34-20(31(48)44(33(34)50)15-7-5-4-6-8-15)13-18-16(25(34)19-14-22(51-3)28(46)27(37)26(19)36)9-10-17-24(18)32(49)45(30(17)47)43(2)29-21(38)11-12-23(42-29)35(39,40)41/h4-9,11-12,14,17-18,20,24-25,46H,10,13H2,1-3H3. The minimum Gasteiger partial charge on any atom is -0.503 e. The number of nitrogens with zero attached hydrogens (tertiary/aromatic N) is 4. The minimum absolute atomic E-state index is 0.0427. The van der Waals surface area contributed by atoms with Crippen LogP contribution in [0.1, 0.15) is 36.9 Å². The van der Waals surface area contributed by atoms with Gasteiger partial charge >= 0.3 is 6.18 Å². The van der Waals surface area contributed by atoms with Crippen LogP contribution in [0.2, 0.25) is 5.02 Å². The summed E-state index contributed by atoms with van der Waals surface area (Å²) >= 11 is 13.3. The average Bonchev–Trinajstić information content (AvgIpc) is 3.46. The van der Waals surface area contributed by atoms with Crippen molar-refractivity contribution in [2.75, 3.05) is 24.1 Å². The highest BCUT2D eigenvalue weighted by Crippen LogP contribution is 2.65. The zero-order chi connectivity index (χ0) is 36.9. The molecule has 0 bridgehead atoms. The van der Waals surface area contributed by atoms with Crippen molar-refractivity contribution >= 4 is 78.6 Å². The van der Waals surface area contributed by atoms with Gasteiger partial charge in [-0.2, -0.15) is 18.2 Å². The van der Waals surface area contributed by atoms with E-state index in [1.807, 2.05) is 6.08 Å². The lowest BCUT2D eigenvalue weighted by molar-refractivity contribution is -0.141. The number of phenolic OH excluding ortho intramolecular Hbond substituents is 1. The first-order valence-corrected chi connectivity index (χ1v) is 17.7. The molecular weight excluding hydrogens is 825 g/mol. The molecule has 2 saturated heterocycles. The zero-order valence-electron chi connectivity index (χ0n) is 27.0. The van der Waals surface area contributed by atoms with Crippen LogP contribution in [0.4, 0.5) is 24.7 Å². The van der Waals surface area contributed by atoms with E-state index in [2.05, 4.69) is 36.8 Å². The van der Waals surface area contributed by atoms with Crippen molar-refractivity contribution in [1.29, 1.82) is 0 Å². The Balaban J connectivity index is 1.36. The van der Waals surface area contributed by atoms with Crippen LogP contribution in [-0.4, -0.2) is 52.9 Å². The number of anilines is 2. The number of amides is 4. The Morgan fingerprint density at radius 2 is 1.71 bits per heavy atom. The molecule has 3 aromatic rings. The number of benzene rings is 2. The number of pyridine rings is 1. The largest absolute Gasteiger partial charge is 0.503 e. The van der Waals surface area contributed by atoms with Gasteiger partial charge in [0.05, 0.1) is 45.5 Å². The van der Waals surface area contributed by atoms with E-state index < -0.39 is 76.3 Å². The maximum absolute atomic E-state index is 14.7. The first-order valence-electron chi connectivity index (χ1n) is 15.8. The first kappa shape index (κ1) is 35.5. The van der Waals surface area contributed by atoms with E-state index in [4.69, 9.17) is 16.3 Å². The van der Waals surface area contributed by atoms with E-state index in [1.54, 1.807) is 43.3 Å². The van der Waals surface area contributed by atoms with E-state index >= 15 is 0 Å². The molecule has 16 heteroatoms. The molecule has 266 valence electrons. The number of carbonyl (C=O) groups is 4. The lowest BCUT2D eigenvalue weighted by Crippen LogP contribution is -2.49. The second-order valence-electron chi connectivity index (χ2n) is 13.2. The Morgan fingerprint density at radius 3 is 2.35 bits per heavy atom. The van der Waals surface area contributed by atoms with Crippen molar-refractivity contribution in [2.24, 2.45) is 29.1 Å². The van der Waals surface area contributed by atoms with Gasteiger partial charge in [0.15, 0.2) is 17.3 Å².